The van der Waals surface area contributed by atoms with Crippen molar-refractivity contribution in [3.63, 3.8) is 0 Å². The van der Waals surface area contributed by atoms with E-state index in [0.717, 1.165) is 16.9 Å². The predicted octanol–water partition coefficient (Wildman–Crippen LogP) is 4.51. The van der Waals surface area contributed by atoms with Crippen LogP contribution in [0.2, 0.25) is 0 Å². The Kier molecular flexibility index (Phi) is 5.85. The molecule has 1 fully saturated rings. The highest BCUT2D eigenvalue weighted by molar-refractivity contribution is 5.89. The summed E-state index contributed by atoms with van der Waals surface area (Å²) in [6.07, 6.45) is 0.522. The van der Waals surface area contributed by atoms with Crippen molar-refractivity contribution in [1.82, 2.24) is 0 Å². The fraction of sp³-hybridized carbons (Fsp3) is 0.435. The van der Waals surface area contributed by atoms with Crippen LogP contribution in [0, 0.1) is 5.92 Å². The van der Waals surface area contributed by atoms with Crippen LogP contribution in [0.4, 0.5) is 0 Å². The molecule has 1 aliphatic rings. The number of ether oxygens (including phenoxy) is 3. The number of carbonyl (C=O) groups excluding carboxylic acids is 1. The molecule has 1 saturated heterocycles. The second-order valence-electron chi connectivity index (χ2n) is 7.64. The Labute approximate surface area is 161 Å². The smallest absolute Gasteiger partial charge is 0.320 e. The predicted molar refractivity (Wildman–Crippen MR) is 105 cm³/mol. The molecule has 0 radical (unpaired) electrons. The average Bonchev–Trinajstić information content (AvgIpc) is 2.70. The minimum absolute atomic E-state index is 0.00763. The fourth-order valence-electron chi connectivity index (χ4n) is 3.48. The standard InChI is InChI=1S/C23H28O4/c1-16(2)20(26-15-17-10-12-19(25-4)13-11-17)14-21-23(3,22(24)27-21)18-8-6-5-7-9-18/h5-13,16,20-21H,14-15H2,1-4H3/t20-,21-,23-/m1/s1. The van der Waals surface area contributed by atoms with Gasteiger partial charge < -0.3 is 14.2 Å². The van der Waals surface area contributed by atoms with E-state index in [4.69, 9.17) is 14.2 Å². The molecule has 27 heavy (non-hydrogen) atoms. The Balaban J connectivity index is 1.66. The Morgan fingerprint density at radius 1 is 1.07 bits per heavy atom. The number of esters is 1. The minimum atomic E-state index is -0.599. The zero-order chi connectivity index (χ0) is 19.4. The zero-order valence-corrected chi connectivity index (χ0v) is 16.5. The molecule has 0 aromatic heterocycles. The second kappa shape index (κ2) is 8.13. The fourth-order valence-corrected chi connectivity index (χ4v) is 3.48. The van der Waals surface area contributed by atoms with Crippen LogP contribution in [0.15, 0.2) is 54.6 Å². The van der Waals surface area contributed by atoms with Gasteiger partial charge in [0.05, 0.1) is 19.8 Å². The molecule has 0 amide bonds. The van der Waals surface area contributed by atoms with Gasteiger partial charge in [0.2, 0.25) is 0 Å². The number of carbonyl (C=O) groups is 1. The van der Waals surface area contributed by atoms with Crippen molar-refractivity contribution in [3.8, 4) is 5.75 Å². The summed E-state index contributed by atoms with van der Waals surface area (Å²) >= 11 is 0. The number of rotatable bonds is 8. The first-order valence-electron chi connectivity index (χ1n) is 9.46. The summed E-state index contributed by atoms with van der Waals surface area (Å²) in [5.74, 6) is 0.998. The van der Waals surface area contributed by atoms with E-state index >= 15 is 0 Å². The summed E-state index contributed by atoms with van der Waals surface area (Å²) in [5, 5.41) is 0. The lowest BCUT2D eigenvalue weighted by molar-refractivity contribution is -0.195. The van der Waals surface area contributed by atoms with E-state index < -0.39 is 5.41 Å². The van der Waals surface area contributed by atoms with Crippen molar-refractivity contribution in [2.45, 2.75) is 51.4 Å². The molecule has 0 N–H and O–H groups in total. The topological polar surface area (TPSA) is 44.8 Å². The van der Waals surface area contributed by atoms with Crippen molar-refractivity contribution in [2.24, 2.45) is 5.92 Å². The molecular formula is C23H28O4. The summed E-state index contributed by atoms with van der Waals surface area (Å²) in [4.78, 5) is 12.3. The van der Waals surface area contributed by atoms with E-state index in [1.54, 1.807) is 7.11 Å². The maximum atomic E-state index is 12.3. The highest BCUT2D eigenvalue weighted by atomic mass is 16.6. The van der Waals surface area contributed by atoms with Gasteiger partial charge in [-0.25, -0.2) is 0 Å². The van der Waals surface area contributed by atoms with Crippen LogP contribution >= 0.6 is 0 Å². The third-order valence-electron chi connectivity index (χ3n) is 5.50. The lowest BCUT2D eigenvalue weighted by Crippen LogP contribution is -2.59. The number of methoxy groups -OCH3 is 1. The molecular weight excluding hydrogens is 340 g/mol. The monoisotopic (exact) mass is 368 g/mol. The van der Waals surface area contributed by atoms with E-state index in [1.165, 1.54) is 0 Å². The Morgan fingerprint density at radius 3 is 2.30 bits per heavy atom. The maximum absolute atomic E-state index is 12.3. The second-order valence-corrected chi connectivity index (χ2v) is 7.64. The van der Waals surface area contributed by atoms with E-state index in [-0.39, 0.29) is 18.2 Å². The Bertz CT molecular complexity index is 754. The molecule has 144 valence electrons. The SMILES string of the molecule is COc1ccc(CO[C@H](C[C@H]2OC(=O)[C@]2(C)c2ccccc2)C(C)C)cc1. The molecule has 0 unspecified atom stereocenters. The van der Waals surface area contributed by atoms with Crippen molar-refractivity contribution in [2.75, 3.05) is 7.11 Å². The number of cyclic esters (lactones) is 1. The van der Waals surface area contributed by atoms with Crippen LogP contribution in [0.3, 0.4) is 0 Å². The first kappa shape index (κ1) is 19.4. The van der Waals surface area contributed by atoms with Gasteiger partial charge in [0.15, 0.2) is 0 Å². The van der Waals surface area contributed by atoms with Gasteiger partial charge in [-0.2, -0.15) is 0 Å². The summed E-state index contributed by atoms with van der Waals surface area (Å²) in [6, 6.07) is 17.8. The highest BCUT2D eigenvalue weighted by Gasteiger charge is 2.56. The summed E-state index contributed by atoms with van der Waals surface area (Å²) < 4.78 is 16.9. The van der Waals surface area contributed by atoms with Crippen LogP contribution in [-0.2, 0) is 26.3 Å². The van der Waals surface area contributed by atoms with E-state index in [9.17, 15) is 4.79 Å². The van der Waals surface area contributed by atoms with Crippen LogP contribution in [-0.4, -0.2) is 25.3 Å². The van der Waals surface area contributed by atoms with Crippen molar-refractivity contribution in [1.29, 1.82) is 0 Å². The lowest BCUT2D eigenvalue weighted by atomic mass is 9.71. The molecule has 0 spiro atoms. The molecule has 0 bridgehead atoms. The van der Waals surface area contributed by atoms with Crippen molar-refractivity contribution < 1.29 is 19.0 Å². The number of hydrogen-bond donors (Lipinski definition) is 0. The van der Waals surface area contributed by atoms with Crippen LogP contribution in [0.25, 0.3) is 0 Å². The van der Waals surface area contributed by atoms with Crippen molar-refractivity contribution >= 4 is 5.97 Å². The van der Waals surface area contributed by atoms with Crippen molar-refractivity contribution in [3.05, 3.63) is 65.7 Å². The van der Waals surface area contributed by atoms with E-state index in [0.29, 0.717) is 18.9 Å². The van der Waals surface area contributed by atoms with Gasteiger partial charge in [-0.1, -0.05) is 56.3 Å². The molecule has 2 aromatic rings. The van der Waals surface area contributed by atoms with E-state index in [1.807, 2.05) is 61.5 Å². The number of hydrogen-bond acceptors (Lipinski definition) is 4. The zero-order valence-electron chi connectivity index (χ0n) is 16.5. The normalized spacial score (nSPS) is 22.9. The quantitative estimate of drug-likeness (QED) is 0.643. The van der Waals surface area contributed by atoms with Gasteiger partial charge in [0, 0.05) is 6.42 Å². The average molecular weight is 368 g/mol. The Morgan fingerprint density at radius 2 is 1.74 bits per heavy atom. The Hall–Kier alpha value is -2.33. The summed E-state index contributed by atoms with van der Waals surface area (Å²) in [7, 11) is 1.66. The molecule has 0 aliphatic carbocycles. The first-order valence-corrected chi connectivity index (χ1v) is 9.46. The molecule has 3 rings (SSSR count). The van der Waals surface area contributed by atoms with Crippen LogP contribution < -0.4 is 4.74 Å². The molecule has 1 heterocycles. The molecule has 1 aliphatic heterocycles. The van der Waals surface area contributed by atoms with Gasteiger partial charge >= 0.3 is 5.97 Å². The summed E-state index contributed by atoms with van der Waals surface area (Å²) in [6.45, 7) is 6.77. The van der Waals surface area contributed by atoms with Gasteiger partial charge in [0.25, 0.3) is 0 Å². The third-order valence-corrected chi connectivity index (χ3v) is 5.50. The molecule has 4 nitrogen and oxygen atoms in total. The maximum Gasteiger partial charge on any atom is 0.320 e. The molecule has 4 heteroatoms. The molecule has 2 aromatic carbocycles. The van der Waals surface area contributed by atoms with Crippen LogP contribution in [0.1, 0.15) is 38.3 Å². The summed E-state index contributed by atoms with van der Waals surface area (Å²) in [5.41, 5.74) is 1.50. The van der Waals surface area contributed by atoms with Crippen LogP contribution in [0.5, 0.6) is 5.75 Å². The molecule has 3 atom stereocenters. The van der Waals surface area contributed by atoms with Gasteiger partial charge in [-0.05, 0) is 36.1 Å². The van der Waals surface area contributed by atoms with Gasteiger partial charge in [-0.3, -0.25) is 4.79 Å². The lowest BCUT2D eigenvalue weighted by Gasteiger charge is -2.46. The third kappa shape index (κ3) is 4.01. The first-order chi connectivity index (χ1) is 12.9. The minimum Gasteiger partial charge on any atom is -0.497 e. The van der Waals surface area contributed by atoms with Gasteiger partial charge in [-0.15, -0.1) is 0 Å². The van der Waals surface area contributed by atoms with E-state index in [2.05, 4.69) is 13.8 Å². The highest BCUT2D eigenvalue weighted by Crippen LogP contribution is 2.42. The number of benzene rings is 2. The van der Waals surface area contributed by atoms with Gasteiger partial charge in [0.1, 0.15) is 17.3 Å². The largest absolute Gasteiger partial charge is 0.497 e. The molecule has 0 saturated carbocycles.